The summed E-state index contributed by atoms with van der Waals surface area (Å²) in [5.74, 6) is 1.21. The van der Waals surface area contributed by atoms with Gasteiger partial charge in [0.1, 0.15) is 16.7 Å². The molecule has 1 fully saturated rings. The molecule has 1 atom stereocenters. The van der Waals surface area contributed by atoms with E-state index in [0.717, 1.165) is 41.5 Å². The monoisotopic (exact) mass is 489 g/mol. The number of carbonyl (C=O) groups excluding carboxylic acids is 3. The number of thioether (sulfide) groups is 1. The standard InChI is InChI=1S/C28H27NO5S/c1-2-7-21-18-22(25(30)19-8-4-3-5-9-19)12-15-24(21)34-17-6-16-33-23-13-10-20(11-14-23)26-27(31)29-28(32)35-26/h3-5,8-15,18,26H,2,6-7,16-17H2,1H3,(H,29,31,32). The maximum Gasteiger partial charge on any atom is 0.286 e. The Morgan fingerprint density at radius 2 is 1.66 bits per heavy atom. The summed E-state index contributed by atoms with van der Waals surface area (Å²) in [5.41, 5.74) is 3.13. The number of ketones is 1. The van der Waals surface area contributed by atoms with E-state index in [2.05, 4.69) is 12.2 Å². The molecule has 7 heteroatoms. The molecule has 0 radical (unpaired) electrons. The van der Waals surface area contributed by atoms with Gasteiger partial charge in [-0.25, -0.2) is 0 Å². The fourth-order valence-electron chi connectivity index (χ4n) is 3.83. The van der Waals surface area contributed by atoms with Gasteiger partial charge in [0.05, 0.1) is 13.2 Å². The third-order valence-corrected chi connectivity index (χ3v) is 6.60. The first kappa shape index (κ1) is 24.5. The lowest BCUT2D eigenvalue weighted by Gasteiger charge is -2.13. The Bertz CT molecular complexity index is 1190. The largest absolute Gasteiger partial charge is 0.493 e. The minimum atomic E-state index is -0.503. The molecule has 180 valence electrons. The molecule has 35 heavy (non-hydrogen) atoms. The van der Waals surface area contributed by atoms with E-state index in [4.69, 9.17) is 9.47 Å². The second-order valence-electron chi connectivity index (χ2n) is 8.16. The summed E-state index contributed by atoms with van der Waals surface area (Å²) in [6.07, 6.45) is 2.47. The molecule has 1 heterocycles. The predicted octanol–water partition coefficient (Wildman–Crippen LogP) is 5.74. The van der Waals surface area contributed by atoms with Crippen LogP contribution in [0.1, 0.15) is 52.1 Å². The topological polar surface area (TPSA) is 81.7 Å². The van der Waals surface area contributed by atoms with Crippen molar-refractivity contribution in [2.45, 2.75) is 31.4 Å². The Morgan fingerprint density at radius 3 is 2.34 bits per heavy atom. The van der Waals surface area contributed by atoms with Gasteiger partial charge in [-0.15, -0.1) is 0 Å². The number of carbonyl (C=O) groups is 3. The zero-order chi connectivity index (χ0) is 24.6. The summed E-state index contributed by atoms with van der Waals surface area (Å²) in [7, 11) is 0. The number of amides is 2. The Morgan fingerprint density at radius 1 is 0.914 bits per heavy atom. The van der Waals surface area contributed by atoms with E-state index in [1.165, 1.54) is 0 Å². The van der Waals surface area contributed by atoms with E-state index in [0.29, 0.717) is 36.5 Å². The van der Waals surface area contributed by atoms with E-state index >= 15 is 0 Å². The highest BCUT2D eigenvalue weighted by molar-refractivity contribution is 8.15. The first-order valence-corrected chi connectivity index (χ1v) is 12.5. The molecule has 1 saturated heterocycles. The molecule has 0 aliphatic carbocycles. The summed E-state index contributed by atoms with van der Waals surface area (Å²) >= 11 is 0.985. The van der Waals surface area contributed by atoms with Gasteiger partial charge in [-0.3, -0.25) is 19.7 Å². The molecule has 1 unspecified atom stereocenters. The SMILES string of the molecule is CCCc1cc(C(=O)c2ccccc2)ccc1OCCCOc1ccc(C2SC(=O)NC2=O)cc1. The molecule has 1 N–H and O–H groups in total. The van der Waals surface area contributed by atoms with Crippen molar-refractivity contribution in [1.29, 1.82) is 0 Å². The van der Waals surface area contributed by atoms with Crippen LogP contribution >= 0.6 is 11.8 Å². The van der Waals surface area contributed by atoms with Crippen LogP contribution in [0.5, 0.6) is 11.5 Å². The number of imide groups is 1. The van der Waals surface area contributed by atoms with Gasteiger partial charge >= 0.3 is 0 Å². The van der Waals surface area contributed by atoms with Crippen LogP contribution in [0.4, 0.5) is 4.79 Å². The van der Waals surface area contributed by atoms with Crippen molar-refractivity contribution >= 4 is 28.7 Å². The zero-order valence-electron chi connectivity index (χ0n) is 19.5. The summed E-state index contributed by atoms with van der Waals surface area (Å²) in [5, 5.41) is 1.47. The average molecular weight is 490 g/mol. The van der Waals surface area contributed by atoms with E-state index in [9.17, 15) is 14.4 Å². The molecule has 0 spiro atoms. The summed E-state index contributed by atoms with van der Waals surface area (Å²) in [6.45, 7) is 3.07. The lowest BCUT2D eigenvalue weighted by molar-refractivity contribution is -0.119. The van der Waals surface area contributed by atoms with E-state index in [1.807, 2.05) is 48.5 Å². The number of aryl methyl sites for hydroxylation is 1. The van der Waals surface area contributed by atoms with Crippen molar-refractivity contribution in [2.24, 2.45) is 0 Å². The van der Waals surface area contributed by atoms with Crippen LogP contribution in [0.15, 0.2) is 72.8 Å². The molecule has 2 amide bonds. The molecule has 1 aliphatic rings. The number of hydrogen-bond acceptors (Lipinski definition) is 6. The van der Waals surface area contributed by atoms with Crippen LogP contribution in [0, 0.1) is 0 Å². The molecule has 4 rings (SSSR count). The number of rotatable bonds is 11. The molecule has 0 aromatic heterocycles. The Labute approximate surface area is 209 Å². The van der Waals surface area contributed by atoms with E-state index < -0.39 is 5.25 Å². The van der Waals surface area contributed by atoms with Crippen molar-refractivity contribution in [3.05, 3.63) is 95.1 Å². The molecule has 0 saturated carbocycles. The normalized spacial score (nSPS) is 15.1. The lowest BCUT2D eigenvalue weighted by Crippen LogP contribution is -2.20. The van der Waals surface area contributed by atoms with Gasteiger partial charge in [-0.05, 0) is 59.6 Å². The van der Waals surface area contributed by atoms with Crippen LogP contribution in [0.2, 0.25) is 0 Å². The maximum atomic E-state index is 12.8. The maximum absolute atomic E-state index is 12.8. The van der Waals surface area contributed by atoms with Crippen molar-refractivity contribution < 1.29 is 23.9 Å². The van der Waals surface area contributed by atoms with Crippen LogP contribution in [-0.4, -0.2) is 30.1 Å². The predicted molar refractivity (Wildman–Crippen MR) is 136 cm³/mol. The van der Waals surface area contributed by atoms with Gasteiger partial charge in [0, 0.05) is 17.5 Å². The minimum Gasteiger partial charge on any atom is -0.493 e. The second-order valence-corrected chi connectivity index (χ2v) is 9.24. The van der Waals surface area contributed by atoms with Gasteiger partial charge in [0.15, 0.2) is 5.78 Å². The van der Waals surface area contributed by atoms with E-state index in [1.54, 1.807) is 24.3 Å². The first-order valence-electron chi connectivity index (χ1n) is 11.6. The highest BCUT2D eigenvalue weighted by Gasteiger charge is 2.32. The third kappa shape index (κ3) is 6.31. The quantitative estimate of drug-likeness (QED) is 0.273. The Balaban J connectivity index is 1.27. The summed E-state index contributed by atoms with van der Waals surface area (Å²) in [6, 6.07) is 22.1. The first-order chi connectivity index (χ1) is 17.0. The highest BCUT2D eigenvalue weighted by Crippen LogP contribution is 2.34. The molecule has 1 aliphatic heterocycles. The molecular weight excluding hydrogens is 462 g/mol. The van der Waals surface area contributed by atoms with Crippen LogP contribution in [-0.2, 0) is 11.2 Å². The van der Waals surface area contributed by atoms with Gasteiger partial charge in [-0.2, -0.15) is 0 Å². The Hall–Kier alpha value is -3.58. The second kappa shape index (κ2) is 11.7. The minimum absolute atomic E-state index is 0.00711. The third-order valence-electron chi connectivity index (χ3n) is 5.56. The number of benzene rings is 3. The van der Waals surface area contributed by atoms with Gasteiger partial charge in [0.2, 0.25) is 5.91 Å². The number of hydrogen-bond donors (Lipinski definition) is 1. The average Bonchev–Trinajstić information content (AvgIpc) is 3.22. The molecule has 3 aromatic carbocycles. The molecule has 3 aromatic rings. The van der Waals surface area contributed by atoms with E-state index in [-0.39, 0.29) is 16.9 Å². The van der Waals surface area contributed by atoms with Gasteiger partial charge in [-0.1, -0.05) is 55.8 Å². The summed E-state index contributed by atoms with van der Waals surface area (Å²) in [4.78, 5) is 35.9. The van der Waals surface area contributed by atoms with Gasteiger partial charge < -0.3 is 9.47 Å². The van der Waals surface area contributed by atoms with Crippen LogP contribution in [0.3, 0.4) is 0 Å². The Kier molecular flexibility index (Phi) is 8.21. The zero-order valence-corrected chi connectivity index (χ0v) is 20.3. The lowest BCUT2D eigenvalue weighted by atomic mass is 9.99. The van der Waals surface area contributed by atoms with Crippen molar-refractivity contribution in [3.63, 3.8) is 0 Å². The fourth-order valence-corrected chi connectivity index (χ4v) is 4.66. The van der Waals surface area contributed by atoms with Crippen molar-refractivity contribution in [3.8, 4) is 11.5 Å². The van der Waals surface area contributed by atoms with Gasteiger partial charge in [0.25, 0.3) is 5.24 Å². The summed E-state index contributed by atoms with van der Waals surface area (Å²) < 4.78 is 11.8. The smallest absolute Gasteiger partial charge is 0.286 e. The fraction of sp³-hybridized carbons (Fsp3) is 0.250. The number of nitrogens with one attached hydrogen (secondary N) is 1. The molecule has 0 bridgehead atoms. The van der Waals surface area contributed by atoms with Crippen molar-refractivity contribution in [2.75, 3.05) is 13.2 Å². The van der Waals surface area contributed by atoms with Crippen LogP contribution < -0.4 is 14.8 Å². The highest BCUT2D eigenvalue weighted by atomic mass is 32.2. The van der Waals surface area contributed by atoms with Crippen molar-refractivity contribution in [1.82, 2.24) is 5.32 Å². The van der Waals surface area contributed by atoms with Crippen LogP contribution in [0.25, 0.3) is 0 Å². The molecular formula is C28H27NO5S. The molecule has 6 nitrogen and oxygen atoms in total. The number of ether oxygens (including phenoxy) is 2.